The van der Waals surface area contributed by atoms with Crippen molar-refractivity contribution in [1.82, 2.24) is 15.3 Å². The molecule has 0 aromatic carbocycles. The van der Waals surface area contributed by atoms with Crippen molar-refractivity contribution in [3.8, 4) is 11.3 Å². The maximum atomic E-state index is 13.6. The number of halogens is 3. The van der Waals surface area contributed by atoms with Crippen LogP contribution in [0.2, 0.25) is 5.02 Å². The third-order valence-electron chi connectivity index (χ3n) is 4.70. The van der Waals surface area contributed by atoms with Gasteiger partial charge < -0.3 is 15.0 Å². The van der Waals surface area contributed by atoms with E-state index in [1.54, 1.807) is 18.2 Å². The van der Waals surface area contributed by atoms with Gasteiger partial charge in [0.2, 0.25) is 0 Å². The van der Waals surface area contributed by atoms with Gasteiger partial charge in [0.05, 0.1) is 11.3 Å². The number of fused-ring (bicyclic) bond motifs is 1. The number of nitrogens with one attached hydrogen (secondary N) is 2. The average Bonchev–Trinajstić information content (AvgIpc) is 2.66. The second-order valence-electron chi connectivity index (χ2n) is 6.74. The summed E-state index contributed by atoms with van der Waals surface area (Å²) in [6, 6.07) is 5.21. The Kier molecular flexibility index (Phi) is 5.03. The van der Waals surface area contributed by atoms with Gasteiger partial charge in [0, 0.05) is 42.5 Å². The van der Waals surface area contributed by atoms with E-state index in [1.165, 1.54) is 6.20 Å². The molecule has 148 valence electrons. The van der Waals surface area contributed by atoms with Crippen LogP contribution in [-0.2, 0) is 4.74 Å². The zero-order chi connectivity index (χ0) is 19.8. The number of piperazine rings is 1. The lowest BCUT2D eigenvalue weighted by Gasteiger charge is -2.33. The number of hydrogen-bond donors (Lipinski definition) is 2. The highest BCUT2D eigenvalue weighted by Crippen LogP contribution is 2.40. The molecule has 0 spiro atoms. The van der Waals surface area contributed by atoms with Crippen molar-refractivity contribution in [2.24, 2.45) is 0 Å². The Labute approximate surface area is 165 Å². The Morgan fingerprint density at radius 2 is 2.21 bits per heavy atom. The number of rotatable bonds is 3. The van der Waals surface area contributed by atoms with Gasteiger partial charge in [0.25, 0.3) is 6.43 Å². The van der Waals surface area contributed by atoms with Gasteiger partial charge in [-0.25, -0.2) is 23.5 Å². The standard InChI is InChI=1S/C18H18ClF2N5O2/c1-9-8-26(5-4-22-9)13-7-10(19)6-12(24-13)11-2-3-23-17-14(11)15(16(20)21)28-18(27)25-17/h2-3,6-7,9,15-16,22H,4-5,8H2,1H3,(H,23,25,27)/t9-,15+/m0/s1. The molecule has 0 bridgehead atoms. The lowest BCUT2D eigenvalue weighted by molar-refractivity contribution is -0.0168. The Bertz CT molecular complexity index is 914. The average molecular weight is 410 g/mol. The van der Waals surface area contributed by atoms with E-state index < -0.39 is 18.6 Å². The third-order valence-corrected chi connectivity index (χ3v) is 4.92. The Hall–Kier alpha value is -2.52. The minimum Gasteiger partial charge on any atom is -0.435 e. The van der Waals surface area contributed by atoms with E-state index in [2.05, 4.69) is 32.4 Å². The van der Waals surface area contributed by atoms with Crippen molar-refractivity contribution in [2.75, 3.05) is 29.9 Å². The predicted molar refractivity (Wildman–Crippen MR) is 101 cm³/mol. The molecule has 1 fully saturated rings. The summed E-state index contributed by atoms with van der Waals surface area (Å²) in [6.45, 7) is 4.39. The fourth-order valence-electron chi connectivity index (χ4n) is 3.49. The van der Waals surface area contributed by atoms with Gasteiger partial charge in [-0.2, -0.15) is 0 Å². The molecule has 4 rings (SSSR count). The maximum absolute atomic E-state index is 13.6. The van der Waals surface area contributed by atoms with Gasteiger partial charge in [0.1, 0.15) is 11.6 Å². The van der Waals surface area contributed by atoms with Crippen LogP contribution in [0.5, 0.6) is 0 Å². The van der Waals surface area contributed by atoms with Gasteiger partial charge in [-0.15, -0.1) is 0 Å². The lowest BCUT2D eigenvalue weighted by Crippen LogP contribution is -2.49. The number of pyridine rings is 2. The largest absolute Gasteiger partial charge is 0.435 e. The lowest BCUT2D eigenvalue weighted by atomic mass is 9.99. The first-order chi connectivity index (χ1) is 13.4. The van der Waals surface area contributed by atoms with Crippen LogP contribution in [-0.4, -0.2) is 48.2 Å². The highest BCUT2D eigenvalue weighted by atomic mass is 35.5. The summed E-state index contributed by atoms with van der Waals surface area (Å²) < 4.78 is 31.9. The van der Waals surface area contributed by atoms with E-state index in [9.17, 15) is 13.6 Å². The molecular weight excluding hydrogens is 392 g/mol. The Morgan fingerprint density at radius 1 is 1.39 bits per heavy atom. The van der Waals surface area contributed by atoms with Crippen molar-refractivity contribution in [3.05, 3.63) is 35.0 Å². The molecule has 0 aliphatic carbocycles. The minimum atomic E-state index is -2.90. The van der Waals surface area contributed by atoms with Crippen LogP contribution in [0.25, 0.3) is 11.3 Å². The summed E-state index contributed by atoms with van der Waals surface area (Å²) in [4.78, 5) is 22.3. The normalized spacial score (nSPS) is 21.9. The number of ether oxygens (including phenoxy) is 1. The van der Waals surface area contributed by atoms with Crippen LogP contribution in [0.1, 0.15) is 18.6 Å². The number of amides is 1. The minimum absolute atomic E-state index is 0.0400. The number of nitrogens with zero attached hydrogens (tertiary/aromatic N) is 3. The van der Waals surface area contributed by atoms with Crippen molar-refractivity contribution in [2.45, 2.75) is 25.5 Å². The molecule has 1 saturated heterocycles. The number of alkyl halides is 2. The SMILES string of the molecule is C[C@H]1CN(c2cc(Cl)cc(-c3ccnc4c3[C@H](C(F)F)OC(=O)N4)n2)CCN1. The van der Waals surface area contributed by atoms with Crippen LogP contribution in [0.15, 0.2) is 24.4 Å². The monoisotopic (exact) mass is 409 g/mol. The molecule has 2 aliphatic heterocycles. The molecule has 1 amide bonds. The molecule has 2 N–H and O–H groups in total. The van der Waals surface area contributed by atoms with Gasteiger partial charge in [-0.3, -0.25) is 5.32 Å². The van der Waals surface area contributed by atoms with Crippen LogP contribution in [0.3, 0.4) is 0 Å². The van der Waals surface area contributed by atoms with Crippen LogP contribution >= 0.6 is 11.6 Å². The first-order valence-electron chi connectivity index (χ1n) is 8.83. The summed E-state index contributed by atoms with van der Waals surface area (Å²) in [6.07, 6.45) is -4.16. The van der Waals surface area contributed by atoms with Gasteiger partial charge in [-0.1, -0.05) is 11.6 Å². The van der Waals surface area contributed by atoms with Crippen LogP contribution in [0, 0.1) is 0 Å². The molecule has 2 aromatic heterocycles. The quantitative estimate of drug-likeness (QED) is 0.808. The van der Waals surface area contributed by atoms with Crippen molar-refractivity contribution >= 4 is 29.3 Å². The topological polar surface area (TPSA) is 79.4 Å². The molecule has 2 aromatic rings. The molecule has 2 aliphatic rings. The van der Waals surface area contributed by atoms with E-state index in [-0.39, 0.29) is 11.4 Å². The van der Waals surface area contributed by atoms with Gasteiger partial charge in [-0.05, 0) is 25.1 Å². The molecular formula is C18H18ClF2N5O2. The first-order valence-corrected chi connectivity index (χ1v) is 9.21. The fraction of sp³-hybridized carbons (Fsp3) is 0.389. The highest BCUT2D eigenvalue weighted by Gasteiger charge is 2.37. The summed E-state index contributed by atoms with van der Waals surface area (Å²) in [7, 11) is 0. The molecule has 28 heavy (non-hydrogen) atoms. The zero-order valence-electron chi connectivity index (χ0n) is 15.0. The molecule has 4 heterocycles. The number of cyclic esters (lactones) is 1. The number of carbonyl (C=O) groups excluding carboxylic acids is 1. The Balaban J connectivity index is 1.80. The highest BCUT2D eigenvalue weighted by molar-refractivity contribution is 6.31. The van der Waals surface area contributed by atoms with E-state index in [4.69, 9.17) is 16.3 Å². The van der Waals surface area contributed by atoms with Crippen molar-refractivity contribution in [1.29, 1.82) is 0 Å². The van der Waals surface area contributed by atoms with E-state index in [0.717, 1.165) is 19.6 Å². The molecule has 0 unspecified atom stereocenters. The van der Waals surface area contributed by atoms with Gasteiger partial charge >= 0.3 is 6.09 Å². The second-order valence-corrected chi connectivity index (χ2v) is 7.17. The maximum Gasteiger partial charge on any atom is 0.413 e. The van der Waals surface area contributed by atoms with Crippen LogP contribution in [0.4, 0.5) is 25.2 Å². The van der Waals surface area contributed by atoms with Crippen LogP contribution < -0.4 is 15.5 Å². The summed E-state index contributed by atoms with van der Waals surface area (Å²) in [5.41, 5.74) is 0.895. The smallest absolute Gasteiger partial charge is 0.413 e. The summed E-state index contributed by atoms with van der Waals surface area (Å²) in [5, 5.41) is 6.16. The number of anilines is 2. The summed E-state index contributed by atoms with van der Waals surface area (Å²) >= 11 is 6.31. The molecule has 0 radical (unpaired) electrons. The molecule has 10 heteroatoms. The van der Waals surface area contributed by atoms with Crippen molar-refractivity contribution < 1.29 is 18.3 Å². The van der Waals surface area contributed by atoms with Crippen molar-refractivity contribution in [3.63, 3.8) is 0 Å². The first kappa shape index (κ1) is 18.8. The Morgan fingerprint density at radius 3 is 2.96 bits per heavy atom. The number of hydrogen-bond acceptors (Lipinski definition) is 6. The number of aromatic nitrogens is 2. The molecule has 7 nitrogen and oxygen atoms in total. The predicted octanol–water partition coefficient (Wildman–Crippen LogP) is 3.46. The molecule has 0 saturated carbocycles. The van der Waals surface area contributed by atoms with E-state index >= 15 is 0 Å². The number of carbonyl (C=O) groups is 1. The zero-order valence-corrected chi connectivity index (χ0v) is 15.7. The molecule has 2 atom stereocenters. The van der Waals surface area contributed by atoms with E-state index in [1.807, 2.05) is 0 Å². The second kappa shape index (κ2) is 7.48. The van der Waals surface area contributed by atoms with E-state index in [0.29, 0.717) is 28.1 Å². The summed E-state index contributed by atoms with van der Waals surface area (Å²) in [5.74, 6) is 0.703. The van der Waals surface area contributed by atoms with Gasteiger partial charge in [0.15, 0.2) is 6.10 Å². The third kappa shape index (κ3) is 3.59. The fourth-order valence-corrected chi connectivity index (χ4v) is 3.69.